The Balaban J connectivity index is 1.96. The SMILES string of the molecule is OC1COCC1NCc1cccc(Cl)c1F. The van der Waals surface area contributed by atoms with E-state index in [2.05, 4.69) is 5.32 Å². The molecule has 1 aromatic rings. The highest BCUT2D eigenvalue weighted by atomic mass is 35.5. The highest BCUT2D eigenvalue weighted by Gasteiger charge is 2.25. The predicted octanol–water partition coefficient (Wildman–Crippen LogP) is 1.33. The Morgan fingerprint density at radius 1 is 1.50 bits per heavy atom. The number of aliphatic hydroxyl groups is 1. The van der Waals surface area contributed by atoms with E-state index in [0.717, 1.165) is 0 Å². The van der Waals surface area contributed by atoms with E-state index in [-0.39, 0.29) is 11.1 Å². The number of nitrogens with one attached hydrogen (secondary N) is 1. The Morgan fingerprint density at radius 3 is 3.00 bits per heavy atom. The molecule has 0 spiro atoms. The van der Waals surface area contributed by atoms with Crippen LogP contribution < -0.4 is 5.32 Å². The van der Waals surface area contributed by atoms with Gasteiger partial charge in [0.15, 0.2) is 0 Å². The molecule has 2 N–H and O–H groups in total. The fourth-order valence-electron chi connectivity index (χ4n) is 1.66. The van der Waals surface area contributed by atoms with Gasteiger partial charge in [0.1, 0.15) is 5.82 Å². The molecule has 2 atom stereocenters. The van der Waals surface area contributed by atoms with Crippen molar-refractivity contribution in [1.82, 2.24) is 5.32 Å². The van der Waals surface area contributed by atoms with Crippen LogP contribution in [0.1, 0.15) is 5.56 Å². The molecule has 3 nitrogen and oxygen atoms in total. The minimum absolute atomic E-state index is 0.113. The highest BCUT2D eigenvalue weighted by molar-refractivity contribution is 6.30. The van der Waals surface area contributed by atoms with Crippen LogP contribution in [0.5, 0.6) is 0 Å². The molecule has 1 fully saturated rings. The molecular formula is C11H13ClFNO2. The van der Waals surface area contributed by atoms with Crippen LogP contribution in [0.2, 0.25) is 5.02 Å². The summed E-state index contributed by atoms with van der Waals surface area (Å²) in [5, 5.41) is 12.6. The molecule has 0 bridgehead atoms. The molecular weight excluding hydrogens is 233 g/mol. The molecule has 88 valence electrons. The average Bonchev–Trinajstić information content (AvgIpc) is 2.67. The Kier molecular flexibility index (Phi) is 3.76. The zero-order valence-corrected chi connectivity index (χ0v) is 9.38. The fraction of sp³-hybridized carbons (Fsp3) is 0.455. The molecule has 0 amide bonds. The van der Waals surface area contributed by atoms with E-state index in [0.29, 0.717) is 25.3 Å². The Labute approximate surface area is 98.2 Å². The van der Waals surface area contributed by atoms with Gasteiger partial charge in [-0.05, 0) is 6.07 Å². The van der Waals surface area contributed by atoms with Gasteiger partial charge in [0.2, 0.25) is 0 Å². The summed E-state index contributed by atoms with van der Waals surface area (Å²) in [6.45, 7) is 1.11. The molecule has 5 heteroatoms. The smallest absolute Gasteiger partial charge is 0.146 e. The Hall–Kier alpha value is -0.680. The van der Waals surface area contributed by atoms with Gasteiger partial charge in [-0.1, -0.05) is 23.7 Å². The Bertz CT molecular complexity index is 375. The predicted molar refractivity (Wildman–Crippen MR) is 58.9 cm³/mol. The van der Waals surface area contributed by atoms with E-state index in [9.17, 15) is 9.50 Å². The zero-order chi connectivity index (χ0) is 11.5. The number of hydrogen-bond donors (Lipinski definition) is 2. The maximum atomic E-state index is 13.5. The number of ether oxygens (including phenoxy) is 1. The first-order chi connectivity index (χ1) is 7.68. The lowest BCUT2D eigenvalue weighted by atomic mass is 10.1. The van der Waals surface area contributed by atoms with Crippen LogP contribution in [0.4, 0.5) is 4.39 Å². The molecule has 1 aliphatic rings. The first-order valence-corrected chi connectivity index (χ1v) is 5.48. The van der Waals surface area contributed by atoms with Crippen LogP contribution in [0.25, 0.3) is 0 Å². The van der Waals surface area contributed by atoms with Crippen LogP contribution in [0.15, 0.2) is 18.2 Å². The summed E-state index contributed by atoms with van der Waals surface area (Å²) in [5.74, 6) is -0.412. The third-order valence-corrected chi connectivity index (χ3v) is 2.93. The minimum atomic E-state index is -0.526. The van der Waals surface area contributed by atoms with Gasteiger partial charge >= 0.3 is 0 Å². The van der Waals surface area contributed by atoms with Gasteiger partial charge in [0.25, 0.3) is 0 Å². The molecule has 0 aromatic heterocycles. The van der Waals surface area contributed by atoms with E-state index in [1.807, 2.05) is 0 Å². The van der Waals surface area contributed by atoms with Crippen molar-refractivity contribution in [2.75, 3.05) is 13.2 Å². The largest absolute Gasteiger partial charge is 0.389 e. The molecule has 2 rings (SSSR count). The van der Waals surface area contributed by atoms with Crippen molar-refractivity contribution in [3.63, 3.8) is 0 Å². The van der Waals surface area contributed by atoms with Crippen LogP contribution in [-0.4, -0.2) is 30.5 Å². The summed E-state index contributed by atoms with van der Waals surface area (Å²) in [7, 11) is 0. The molecule has 1 aliphatic heterocycles. The fourth-order valence-corrected chi connectivity index (χ4v) is 1.86. The van der Waals surface area contributed by atoms with Crippen molar-refractivity contribution in [2.24, 2.45) is 0 Å². The van der Waals surface area contributed by atoms with E-state index in [1.165, 1.54) is 6.07 Å². The van der Waals surface area contributed by atoms with Gasteiger partial charge in [-0.25, -0.2) is 4.39 Å². The van der Waals surface area contributed by atoms with Crippen molar-refractivity contribution < 1.29 is 14.2 Å². The molecule has 16 heavy (non-hydrogen) atoms. The Morgan fingerprint density at radius 2 is 2.31 bits per heavy atom. The standard InChI is InChI=1S/C11H13ClFNO2/c12-8-3-1-2-7(11(8)13)4-14-9-5-16-6-10(9)15/h1-3,9-10,14-15H,4-6H2. The second-order valence-electron chi connectivity index (χ2n) is 3.81. The van der Waals surface area contributed by atoms with Crippen LogP contribution in [0.3, 0.4) is 0 Å². The lowest BCUT2D eigenvalue weighted by Crippen LogP contribution is -2.38. The van der Waals surface area contributed by atoms with E-state index in [1.54, 1.807) is 12.1 Å². The zero-order valence-electron chi connectivity index (χ0n) is 8.62. The van der Waals surface area contributed by atoms with E-state index in [4.69, 9.17) is 16.3 Å². The normalized spacial score (nSPS) is 24.9. The van der Waals surface area contributed by atoms with Crippen molar-refractivity contribution in [3.8, 4) is 0 Å². The van der Waals surface area contributed by atoms with Crippen LogP contribution >= 0.6 is 11.6 Å². The van der Waals surface area contributed by atoms with Crippen LogP contribution in [0, 0.1) is 5.82 Å². The second kappa shape index (κ2) is 5.10. The molecule has 0 radical (unpaired) electrons. The van der Waals surface area contributed by atoms with Crippen molar-refractivity contribution in [1.29, 1.82) is 0 Å². The van der Waals surface area contributed by atoms with Gasteiger partial charge in [-0.15, -0.1) is 0 Å². The summed E-state index contributed by atoms with van der Waals surface area (Å²) in [5.41, 5.74) is 0.492. The quantitative estimate of drug-likeness (QED) is 0.844. The van der Waals surface area contributed by atoms with Gasteiger partial charge in [0, 0.05) is 12.1 Å². The third kappa shape index (κ3) is 2.52. The van der Waals surface area contributed by atoms with Gasteiger partial charge < -0.3 is 15.2 Å². The summed E-state index contributed by atoms with van der Waals surface area (Å²) in [4.78, 5) is 0. The molecule has 1 aromatic carbocycles. The van der Waals surface area contributed by atoms with Crippen molar-refractivity contribution in [2.45, 2.75) is 18.7 Å². The average molecular weight is 246 g/mol. The maximum Gasteiger partial charge on any atom is 0.146 e. The van der Waals surface area contributed by atoms with E-state index < -0.39 is 11.9 Å². The number of hydrogen-bond acceptors (Lipinski definition) is 3. The topological polar surface area (TPSA) is 41.5 Å². The van der Waals surface area contributed by atoms with Crippen molar-refractivity contribution >= 4 is 11.6 Å². The lowest BCUT2D eigenvalue weighted by Gasteiger charge is -2.14. The molecule has 0 saturated carbocycles. The number of halogens is 2. The monoisotopic (exact) mass is 245 g/mol. The summed E-state index contributed by atoms with van der Waals surface area (Å²) in [6.07, 6.45) is -0.526. The summed E-state index contributed by atoms with van der Waals surface area (Å²) in [6, 6.07) is 4.73. The van der Waals surface area contributed by atoms with E-state index >= 15 is 0 Å². The highest BCUT2D eigenvalue weighted by Crippen LogP contribution is 2.18. The first-order valence-electron chi connectivity index (χ1n) is 5.10. The minimum Gasteiger partial charge on any atom is -0.389 e. The summed E-state index contributed by atoms with van der Waals surface area (Å²) < 4.78 is 18.6. The van der Waals surface area contributed by atoms with Gasteiger partial charge in [-0.3, -0.25) is 0 Å². The number of aliphatic hydroxyl groups excluding tert-OH is 1. The summed E-state index contributed by atoms with van der Waals surface area (Å²) >= 11 is 5.66. The first kappa shape index (κ1) is 11.8. The van der Waals surface area contributed by atoms with Gasteiger partial charge in [0.05, 0.1) is 30.4 Å². The maximum absolute atomic E-state index is 13.5. The second-order valence-corrected chi connectivity index (χ2v) is 4.21. The lowest BCUT2D eigenvalue weighted by molar-refractivity contribution is 0.122. The molecule has 2 unspecified atom stereocenters. The number of benzene rings is 1. The van der Waals surface area contributed by atoms with Crippen molar-refractivity contribution in [3.05, 3.63) is 34.6 Å². The number of rotatable bonds is 3. The molecule has 1 saturated heterocycles. The van der Waals surface area contributed by atoms with Crippen LogP contribution in [-0.2, 0) is 11.3 Å². The molecule has 0 aliphatic carbocycles. The van der Waals surface area contributed by atoms with Gasteiger partial charge in [-0.2, -0.15) is 0 Å². The molecule has 1 heterocycles. The third-order valence-electron chi connectivity index (χ3n) is 2.64.